The first-order valence-corrected chi connectivity index (χ1v) is 25.8. The maximum atomic E-state index is 2.42. The second kappa shape index (κ2) is 17.4. The molecule has 2 heterocycles. The van der Waals surface area contributed by atoms with Crippen LogP contribution in [0.25, 0.3) is 121 Å². The highest BCUT2D eigenvalue weighted by Crippen LogP contribution is 2.42. The largest absolute Gasteiger partial charge is 0.310 e. The molecule has 2 aromatic heterocycles. The Morgan fingerprint density at radius 2 is 0.573 bits per heavy atom. The van der Waals surface area contributed by atoms with E-state index in [9.17, 15) is 0 Å². The second-order valence-electron chi connectivity index (χ2n) is 19.8. The summed E-state index contributed by atoms with van der Waals surface area (Å²) in [6.07, 6.45) is 0. The van der Waals surface area contributed by atoms with Gasteiger partial charge in [-0.1, -0.05) is 170 Å². The lowest BCUT2D eigenvalue weighted by Crippen LogP contribution is -2.09. The fraction of sp³-hybridized carbons (Fsp3) is 0. The van der Waals surface area contributed by atoms with Crippen molar-refractivity contribution < 1.29 is 0 Å². The molecule has 0 unspecified atom stereocenters. The number of fused-ring (bicyclic) bond motifs is 9. The van der Waals surface area contributed by atoms with E-state index in [2.05, 4.69) is 299 Å². The van der Waals surface area contributed by atoms with Gasteiger partial charge in [-0.15, -0.1) is 0 Å². The fourth-order valence-electron chi connectivity index (χ4n) is 11.8. The van der Waals surface area contributed by atoms with E-state index in [1.165, 1.54) is 87.1 Å². The summed E-state index contributed by atoms with van der Waals surface area (Å²) in [5.74, 6) is 0. The maximum Gasteiger partial charge on any atom is 0.0541 e. The van der Waals surface area contributed by atoms with Crippen molar-refractivity contribution in [1.29, 1.82) is 0 Å². The lowest BCUT2D eigenvalue weighted by atomic mass is 9.92. The Bertz CT molecular complexity index is 4500. The summed E-state index contributed by atoms with van der Waals surface area (Å²) in [6.45, 7) is 0. The number of hydrogen-bond acceptors (Lipinski definition) is 1. The predicted molar refractivity (Wildman–Crippen MR) is 319 cm³/mol. The van der Waals surface area contributed by atoms with Crippen LogP contribution in [-0.4, -0.2) is 9.13 Å². The summed E-state index contributed by atoms with van der Waals surface area (Å²) >= 11 is 0. The van der Waals surface area contributed by atoms with Crippen molar-refractivity contribution in [2.45, 2.75) is 0 Å². The number of anilines is 3. The second-order valence-corrected chi connectivity index (χ2v) is 19.8. The van der Waals surface area contributed by atoms with Crippen LogP contribution in [0.15, 0.2) is 285 Å². The molecule has 0 saturated heterocycles. The molecule has 0 spiro atoms. The zero-order valence-electron chi connectivity index (χ0n) is 41.0. The van der Waals surface area contributed by atoms with Gasteiger partial charge in [-0.2, -0.15) is 0 Å². The van der Waals surface area contributed by atoms with Crippen LogP contribution >= 0.6 is 0 Å². The Hall–Kier alpha value is -9.96. The fourth-order valence-corrected chi connectivity index (χ4v) is 11.8. The van der Waals surface area contributed by atoms with Crippen LogP contribution in [0.4, 0.5) is 17.1 Å². The third-order valence-corrected chi connectivity index (χ3v) is 15.4. The molecule has 13 aromatic carbocycles. The van der Waals surface area contributed by atoms with E-state index in [1.807, 2.05) is 0 Å². The van der Waals surface area contributed by atoms with Gasteiger partial charge in [0, 0.05) is 50.0 Å². The quantitative estimate of drug-likeness (QED) is 0.148. The Labute approximate surface area is 434 Å². The van der Waals surface area contributed by atoms with E-state index in [4.69, 9.17) is 0 Å². The summed E-state index contributed by atoms with van der Waals surface area (Å²) in [5, 5.41) is 12.3. The maximum absolute atomic E-state index is 2.42. The van der Waals surface area contributed by atoms with Crippen molar-refractivity contribution in [3.8, 4) is 44.8 Å². The first kappa shape index (κ1) is 42.7. The van der Waals surface area contributed by atoms with Crippen LogP contribution in [0.5, 0.6) is 0 Å². The van der Waals surface area contributed by atoms with Crippen molar-refractivity contribution in [3.63, 3.8) is 0 Å². The van der Waals surface area contributed by atoms with Crippen LogP contribution in [0.3, 0.4) is 0 Å². The van der Waals surface area contributed by atoms with Gasteiger partial charge in [-0.3, -0.25) is 0 Å². The van der Waals surface area contributed by atoms with Crippen LogP contribution in [0.2, 0.25) is 0 Å². The molecule has 3 nitrogen and oxygen atoms in total. The molecule has 0 bridgehead atoms. The molecule has 0 aliphatic heterocycles. The minimum Gasteiger partial charge on any atom is -0.310 e. The highest BCUT2D eigenvalue weighted by Gasteiger charge is 2.19. The summed E-state index contributed by atoms with van der Waals surface area (Å²) in [6, 6.07) is 105. The molecular formula is C72H47N3. The Morgan fingerprint density at radius 1 is 0.200 bits per heavy atom. The average molecular weight is 954 g/mol. The summed E-state index contributed by atoms with van der Waals surface area (Å²) < 4.78 is 4.84. The lowest BCUT2D eigenvalue weighted by molar-refractivity contribution is 1.19. The minimum atomic E-state index is 1.10. The van der Waals surface area contributed by atoms with E-state index in [0.717, 1.165) is 50.7 Å². The van der Waals surface area contributed by atoms with E-state index >= 15 is 0 Å². The van der Waals surface area contributed by atoms with Gasteiger partial charge in [0.05, 0.1) is 22.1 Å². The summed E-state index contributed by atoms with van der Waals surface area (Å²) in [7, 11) is 0. The van der Waals surface area contributed by atoms with E-state index in [-0.39, 0.29) is 0 Å². The molecule has 0 saturated carbocycles. The number of rotatable bonds is 8. The molecule has 0 N–H and O–H groups in total. The van der Waals surface area contributed by atoms with Crippen LogP contribution in [-0.2, 0) is 0 Å². The van der Waals surface area contributed by atoms with Gasteiger partial charge in [0.1, 0.15) is 0 Å². The van der Waals surface area contributed by atoms with Gasteiger partial charge >= 0.3 is 0 Å². The van der Waals surface area contributed by atoms with Gasteiger partial charge in [0.15, 0.2) is 0 Å². The van der Waals surface area contributed by atoms with E-state index in [0.29, 0.717) is 0 Å². The van der Waals surface area contributed by atoms with E-state index in [1.54, 1.807) is 0 Å². The molecule has 15 rings (SSSR count). The molecular weight excluding hydrogens is 907 g/mol. The highest BCUT2D eigenvalue weighted by atomic mass is 15.1. The first-order valence-electron chi connectivity index (χ1n) is 25.8. The third kappa shape index (κ3) is 7.28. The normalized spacial score (nSPS) is 11.7. The number of para-hydroxylation sites is 3. The predicted octanol–water partition coefficient (Wildman–Crippen LogP) is 19.8. The Kier molecular flexibility index (Phi) is 9.89. The number of nitrogens with zero attached hydrogens (tertiary/aromatic N) is 3. The Balaban J connectivity index is 0.898. The van der Waals surface area contributed by atoms with Crippen LogP contribution < -0.4 is 4.90 Å². The third-order valence-electron chi connectivity index (χ3n) is 15.4. The molecule has 0 radical (unpaired) electrons. The molecule has 0 aliphatic carbocycles. The van der Waals surface area contributed by atoms with Crippen LogP contribution in [0.1, 0.15) is 0 Å². The SMILES string of the molecule is c1ccc(N(c2ccc(-c3cc(-c4ccc5c(c4)c4ccccc4n5-c4ccc5ccccc5c4)cc(-c4ccc5c(c4)c4ccccc4n5-c4ccc5ccccc5c4)c3)cc2)c2ccc3ccccc3c2)cc1. The van der Waals surface area contributed by atoms with Gasteiger partial charge in [0.25, 0.3) is 0 Å². The van der Waals surface area contributed by atoms with Gasteiger partial charge in [0.2, 0.25) is 0 Å². The van der Waals surface area contributed by atoms with Crippen molar-refractivity contribution >= 4 is 93.0 Å². The summed E-state index contributed by atoms with van der Waals surface area (Å²) in [5.41, 5.74) is 17.4. The van der Waals surface area contributed by atoms with E-state index < -0.39 is 0 Å². The smallest absolute Gasteiger partial charge is 0.0541 e. The van der Waals surface area contributed by atoms with Crippen molar-refractivity contribution in [1.82, 2.24) is 9.13 Å². The molecule has 3 heteroatoms. The highest BCUT2D eigenvalue weighted by molar-refractivity contribution is 6.12. The molecule has 0 atom stereocenters. The Morgan fingerprint density at radius 3 is 1.09 bits per heavy atom. The molecule has 0 aliphatic rings. The van der Waals surface area contributed by atoms with Crippen molar-refractivity contribution in [3.05, 3.63) is 285 Å². The molecule has 75 heavy (non-hydrogen) atoms. The lowest BCUT2D eigenvalue weighted by Gasteiger charge is -2.26. The zero-order valence-corrected chi connectivity index (χ0v) is 41.0. The number of aromatic nitrogens is 2. The standard InChI is InChI=1S/C72H47N3/c1-2-20-60(21-3-1)73(62-35-28-48-14-4-7-17-52(48)43-62)61-33-26-51(27-34-61)57-40-58(55-31-38-71-67(46-55)65-22-10-12-24-69(65)74(71)63-36-29-49-15-5-8-18-53(49)44-63)42-59(41-57)56-32-39-72-68(47-56)66-23-11-13-25-70(66)75(72)64-37-30-50-16-6-9-19-54(50)45-64/h1-47H. The number of benzene rings is 13. The number of hydrogen-bond donors (Lipinski definition) is 0. The van der Waals surface area contributed by atoms with Crippen LogP contribution in [0, 0.1) is 0 Å². The minimum absolute atomic E-state index is 1.10. The molecule has 0 amide bonds. The molecule has 350 valence electrons. The van der Waals surface area contributed by atoms with Gasteiger partial charge in [-0.25, -0.2) is 0 Å². The molecule has 0 fully saturated rings. The average Bonchev–Trinajstić information content (AvgIpc) is 3.99. The summed E-state index contributed by atoms with van der Waals surface area (Å²) in [4.78, 5) is 2.35. The van der Waals surface area contributed by atoms with Crippen molar-refractivity contribution in [2.24, 2.45) is 0 Å². The van der Waals surface area contributed by atoms with Crippen molar-refractivity contribution in [2.75, 3.05) is 4.90 Å². The first-order chi connectivity index (χ1) is 37.1. The topological polar surface area (TPSA) is 13.1 Å². The zero-order chi connectivity index (χ0) is 49.4. The van der Waals surface area contributed by atoms with Gasteiger partial charge in [-0.05, 0) is 181 Å². The molecule has 15 aromatic rings. The van der Waals surface area contributed by atoms with Gasteiger partial charge < -0.3 is 14.0 Å². The monoisotopic (exact) mass is 953 g/mol.